The Labute approximate surface area is 139 Å². The second-order valence-corrected chi connectivity index (χ2v) is 6.87. The maximum atomic E-state index is 12.3. The Kier molecular flexibility index (Phi) is 5.25. The molecule has 1 fully saturated rings. The molecule has 0 saturated heterocycles. The maximum absolute atomic E-state index is 12.3. The number of rotatable bonds is 3. The van der Waals surface area contributed by atoms with Crippen molar-refractivity contribution in [2.75, 3.05) is 0 Å². The Balaban J connectivity index is 2.13. The molecule has 5 nitrogen and oxygen atoms in total. The van der Waals surface area contributed by atoms with E-state index in [-0.39, 0.29) is 23.7 Å². The molecule has 20 heavy (non-hydrogen) atoms. The van der Waals surface area contributed by atoms with Gasteiger partial charge >= 0.3 is 0 Å². The highest BCUT2D eigenvalue weighted by molar-refractivity contribution is 14.1. The second kappa shape index (κ2) is 6.75. The number of carbonyl (C=O) groups excluding carboxylic acids is 1. The summed E-state index contributed by atoms with van der Waals surface area (Å²) >= 11 is 5.55. The first kappa shape index (κ1) is 15.6. The van der Waals surface area contributed by atoms with Gasteiger partial charge in [0, 0.05) is 20.0 Å². The predicted octanol–water partition coefficient (Wildman–Crippen LogP) is 2.70. The fraction of sp³-hybridized carbons (Fsp3) is 0.385. The van der Waals surface area contributed by atoms with Crippen LogP contribution in [0.5, 0.6) is 0 Å². The monoisotopic (exact) mass is 451 g/mol. The molecular formula is C13H15BrIN3O2. The summed E-state index contributed by atoms with van der Waals surface area (Å²) in [4.78, 5) is 12.3. The van der Waals surface area contributed by atoms with E-state index in [9.17, 15) is 4.79 Å². The summed E-state index contributed by atoms with van der Waals surface area (Å²) in [6.07, 6.45) is 2.63. The molecule has 0 radical (unpaired) electrons. The first-order valence-corrected chi connectivity index (χ1v) is 8.13. The molecule has 0 aromatic heterocycles. The minimum Gasteiger partial charge on any atom is -0.409 e. The summed E-state index contributed by atoms with van der Waals surface area (Å²) < 4.78 is 1.75. The zero-order valence-electron chi connectivity index (χ0n) is 10.6. The van der Waals surface area contributed by atoms with Crippen molar-refractivity contribution in [1.29, 1.82) is 0 Å². The minimum atomic E-state index is -0.141. The van der Waals surface area contributed by atoms with Crippen molar-refractivity contribution in [2.24, 2.45) is 16.8 Å². The number of hydrogen-bond donors (Lipinski definition) is 3. The molecule has 2 unspecified atom stereocenters. The lowest BCUT2D eigenvalue weighted by atomic mass is 10.0. The van der Waals surface area contributed by atoms with Crippen LogP contribution in [0.4, 0.5) is 0 Å². The van der Waals surface area contributed by atoms with Crippen molar-refractivity contribution in [3.05, 3.63) is 31.8 Å². The van der Waals surface area contributed by atoms with E-state index >= 15 is 0 Å². The van der Waals surface area contributed by atoms with Crippen molar-refractivity contribution in [2.45, 2.75) is 25.3 Å². The molecule has 0 spiro atoms. The fourth-order valence-electron chi connectivity index (χ4n) is 2.48. The van der Waals surface area contributed by atoms with E-state index in [0.717, 1.165) is 27.3 Å². The van der Waals surface area contributed by atoms with Gasteiger partial charge in [-0.3, -0.25) is 4.79 Å². The lowest BCUT2D eigenvalue weighted by Gasteiger charge is -2.20. The van der Waals surface area contributed by atoms with E-state index < -0.39 is 0 Å². The number of halogens is 2. The molecule has 1 aromatic rings. The Morgan fingerprint density at radius 1 is 1.50 bits per heavy atom. The molecule has 108 valence electrons. The van der Waals surface area contributed by atoms with E-state index in [2.05, 4.69) is 49.0 Å². The highest BCUT2D eigenvalue weighted by atomic mass is 127. The molecule has 0 heterocycles. The van der Waals surface area contributed by atoms with Crippen LogP contribution in [0.2, 0.25) is 0 Å². The van der Waals surface area contributed by atoms with Gasteiger partial charge in [0.25, 0.3) is 5.91 Å². The molecular weight excluding hydrogens is 437 g/mol. The zero-order valence-corrected chi connectivity index (χ0v) is 14.4. The van der Waals surface area contributed by atoms with Crippen LogP contribution in [0.15, 0.2) is 27.8 Å². The molecule has 0 aliphatic heterocycles. The molecule has 1 aliphatic rings. The van der Waals surface area contributed by atoms with E-state index in [4.69, 9.17) is 10.9 Å². The number of nitrogens with two attached hydrogens (primary N) is 1. The molecule has 0 bridgehead atoms. The molecule has 1 amide bonds. The number of nitrogens with one attached hydrogen (secondary N) is 1. The van der Waals surface area contributed by atoms with Gasteiger partial charge in [-0.1, -0.05) is 11.6 Å². The predicted molar refractivity (Wildman–Crippen MR) is 88.9 cm³/mol. The third kappa shape index (κ3) is 3.43. The van der Waals surface area contributed by atoms with Crippen LogP contribution in [0.25, 0.3) is 0 Å². The van der Waals surface area contributed by atoms with Crippen LogP contribution in [0.3, 0.4) is 0 Å². The minimum absolute atomic E-state index is 0.0804. The first-order chi connectivity index (χ1) is 9.52. The SMILES string of the molecule is N/C(=N/O)C1CCCC1NC(=O)c1cc(I)ccc1Br. The van der Waals surface area contributed by atoms with Gasteiger partial charge in [0.15, 0.2) is 0 Å². The van der Waals surface area contributed by atoms with Crippen molar-refractivity contribution >= 4 is 50.3 Å². The van der Waals surface area contributed by atoms with Crippen molar-refractivity contribution in [1.82, 2.24) is 5.32 Å². The summed E-state index contributed by atoms with van der Waals surface area (Å²) in [6.45, 7) is 0. The average Bonchev–Trinajstić information content (AvgIpc) is 2.88. The number of carbonyl (C=O) groups is 1. The lowest BCUT2D eigenvalue weighted by Crippen LogP contribution is -2.42. The van der Waals surface area contributed by atoms with Gasteiger partial charge in [-0.15, -0.1) is 0 Å². The highest BCUT2D eigenvalue weighted by Crippen LogP contribution is 2.27. The van der Waals surface area contributed by atoms with E-state index in [1.54, 1.807) is 0 Å². The first-order valence-electron chi connectivity index (χ1n) is 6.26. The number of oxime groups is 1. The molecule has 2 atom stereocenters. The van der Waals surface area contributed by atoms with Gasteiger partial charge in [-0.05, 0) is 69.6 Å². The third-order valence-electron chi connectivity index (χ3n) is 3.50. The molecule has 7 heteroatoms. The summed E-state index contributed by atoms with van der Waals surface area (Å²) in [5.41, 5.74) is 6.27. The van der Waals surface area contributed by atoms with Gasteiger partial charge in [-0.2, -0.15) is 0 Å². The summed E-state index contributed by atoms with van der Waals surface area (Å²) in [7, 11) is 0. The Bertz CT molecular complexity index is 550. The highest BCUT2D eigenvalue weighted by Gasteiger charge is 2.32. The number of benzene rings is 1. The smallest absolute Gasteiger partial charge is 0.252 e. The van der Waals surface area contributed by atoms with E-state index in [1.807, 2.05) is 18.2 Å². The van der Waals surface area contributed by atoms with Gasteiger partial charge in [-0.25, -0.2) is 0 Å². The fourth-order valence-corrected chi connectivity index (χ4v) is 3.40. The third-order valence-corrected chi connectivity index (χ3v) is 4.86. The van der Waals surface area contributed by atoms with Crippen molar-refractivity contribution < 1.29 is 10.0 Å². The maximum Gasteiger partial charge on any atom is 0.252 e. The molecule has 2 rings (SSSR count). The van der Waals surface area contributed by atoms with E-state index in [0.29, 0.717) is 5.56 Å². The molecule has 4 N–H and O–H groups in total. The quantitative estimate of drug-likeness (QED) is 0.217. The summed E-state index contributed by atoms with van der Waals surface area (Å²) in [6, 6.07) is 5.53. The number of amides is 1. The van der Waals surface area contributed by atoms with Gasteiger partial charge in [0.2, 0.25) is 0 Å². The second-order valence-electron chi connectivity index (χ2n) is 4.77. The van der Waals surface area contributed by atoms with Crippen LogP contribution >= 0.6 is 38.5 Å². The normalized spacial score (nSPS) is 22.8. The molecule has 1 aliphatic carbocycles. The van der Waals surface area contributed by atoms with Crippen LogP contribution in [-0.2, 0) is 0 Å². The zero-order chi connectivity index (χ0) is 14.7. The van der Waals surface area contributed by atoms with Crippen LogP contribution in [0, 0.1) is 9.49 Å². The number of hydrogen-bond acceptors (Lipinski definition) is 3. The van der Waals surface area contributed by atoms with Crippen LogP contribution in [0.1, 0.15) is 29.6 Å². The van der Waals surface area contributed by atoms with Gasteiger partial charge in [0.1, 0.15) is 5.84 Å². The van der Waals surface area contributed by atoms with E-state index in [1.165, 1.54) is 0 Å². The largest absolute Gasteiger partial charge is 0.409 e. The molecule has 1 aromatic carbocycles. The Morgan fingerprint density at radius 3 is 2.95 bits per heavy atom. The van der Waals surface area contributed by atoms with Crippen LogP contribution < -0.4 is 11.1 Å². The average molecular weight is 452 g/mol. The van der Waals surface area contributed by atoms with Gasteiger partial charge in [0.05, 0.1) is 5.56 Å². The molecule has 1 saturated carbocycles. The summed E-state index contributed by atoms with van der Waals surface area (Å²) in [5.74, 6) is -0.0435. The Morgan fingerprint density at radius 2 is 2.25 bits per heavy atom. The number of amidine groups is 1. The topological polar surface area (TPSA) is 87.7 Å². The van der Waals surface area contributed by atoms with Crippen LogP contribution in [-0.4, -0.2) is 23.0 Å². The summed E-state index contributed by atoms with van der Waals surface area (Å²) in [5, 5.41) is 14.8. The van der Waals surface area contributed by atoms with Crippen molar-refractivity contribution in [3.8, 4) is 0 Å². The van der Waals surface area contributed by atoms with Crippen molar-refractivity contribution in [3.63, 3.8) is 0 Å². The Hall–Kier alpha value is -0.830. The number of nitrogens with zero attached hydrogens (tertiary/aromatic N) is 1. The standard InChI is InChI=1S/C13H15BrIN3O2/c14-10-5-4-7(15)6-9(10)13(19)17-11-3-1-2-8(11)12(16)18-20/h4-6,8,11,20H,1-3H2,(H2,16,18)(H,17,19). The van der Waals surface area contributed by atoms with Gasteiger partial charge < -0.3 is 16.3 Å². The lowest BCUT2D eigenvalue weighted by molar-refractivity contribution is 0.0932.